The number of hydrogen-bond acceptors (Lipinski definition) is 3. The quantitative estimate of drug-likeness (QED) is 0.740. The number of furan rings is 1. The number of nitrogens with zero attached hydrogens (tertiary/aromatic N) is 1. The van der Waals surface area contributed by atoms with Crippen LogP contribution < -0.4 is 0 Å². The van der Waals surface area contributed by atoms with Crippen molar-refractivity contribution in [2.45, 2.75) is 26.3 Å². The monoisotopic (exact) mass is 207 g/mol. The molecule has 1 aromatic heterocycles. The summed E-state index contributed by atoms with van der Waals surface area (Å²) in [6.07, 6.45) is 3.88. The first kappa shape index (κ1) is 10.4. The SMILES string of the molecule is Cc1occc1CN(C)CC(=O)C1CC1. The topological polar surface area (TPSA) is 33.5 Å². The largest absolute Gasteiger partial charge is 0.469 e. The third-order valence-corrected chi connectivity index (χ3v) is 2.86. The Morgan fingerprint density at radius 3 is 2.87 bits per heavy atom. The summed E-state index contributed by atoms with van der Waals surface area (Å²) >= 11 is 0. The summed E-state index contributed by atoms with van der Waals surface area (Å²) in [5.41, 5.74) is 1.17. The zero-order chi connectivity index (χ0) is 10.8. The molecule has 1 aromatic rings. The molecule has 82 valence electrons. The maximum Gasteiger partial charge on any atom is 0.149 e. The molecule has 0 radical (unpaired) electrons. The summed E-state index contributed by atoms with van der Waals surface area (Å²) in [6, 6.07) is 1.97. The molecule has 0 saturated heterocycles. The van der Waals surface area contributed by atoms with Crippen molar-refractivity contribution in [2.75, 3.05) is 13.6 Å². The van der Waals surface area contributed by atoms with Gasteiger partial charge in [-0.3, -0.25) is 9.69 Å². The highest BCUT2D eigenvalue weighted by molar-refractivity contribution is 5.84. The molecule has 0 unspecified atom stereocenters. The normalized spacial score (nSPS) is 15.9. The van der Waals surface area contributed by atoms with Crippen LogP contribution in [0.15, 0.2) is 16.7 Å². The summed E-state index contributed by atoms with van der Waals surface area (Å²) < 4.78 is 5.22. The van der Waals surface area contributed by atoms with Crippen LogP contribution in [-0.2, 0) is 11.3 Å². The molecule has 1 aliphatic carbocycles. The van der Waals surface area contributed by atoms with Crippen LogP contribution in [0.25, 0.3) is 0 Å². The van der Waals surface area contributed by atoms with Crippen molar-refractivity contribution in [1.29, 1.82) is 0 Å². The molecule has 0 bridgehead atoms. The third-order valence-electron chi connectivity index (χ3n) is 2.86. The van der Waals surface area contributed by atoms with E-state index in [9.17, 15) is 4.79 Å². The van der Waals surface area contributed by atoms with Crippen LogP contribution in [0.1, 0.15) is 24.2 Å². The predicted octanol–water partition coefficient (Wildman–Crippen LogP) is 2.00. The molecule has 1 heterocycles. The fourth-order valence-electron chi connectivity index (χ4n) is 1.72. The van der Waals surface area contributed by atoms with E-state index in [4.69, 9.17) is 4.42 Å². The minimum Gasteiger partial charge on any atom is -0.469 e. The van der Waals surface area contributed by atoms with Gasteiger partial charge in [-0.15, -0.1) is 0 Å². The second-order valence-electron chi connectivity index (χ2n) is 4.41. The van der Waals surface area contributed by atoms with Crippen molar-refractivity contribution in [3.8, 4) is 0 Å². The number of hydrogen-bond donors (Lipinski definition) is 0. The van der Waals surface area contributed by atoms with E-state index >= 15 is 0 Å². The highest BCUT2D eigenvalue weighted by Crippen LogP contribution is 2.30. The second kappa shape index (κ2) is 4.19. The van der Waals surface area contributed by atoms with Gasteiger partial charge in [-0.05, 0) is 32.9 Å². The number of Topliss-reactive ketones (excluding diaryl/α,β-unsaturated/α-hetero) is 1. The first-order chi connectivity index (χ1) is 7.16. The van der Waals surface area contributed by atoms with Crippen molar-refractivity contribution in [1.82, 2.24) is 4.90 Å². The summed E-state index contributed by atoms with van der Waals surface area (Å²) in [4.78, 5) is 13.6. The van der Waals surface area contributed by atoms with E-state index in [1.165, 1.54) is 5.56 Å². The molecule has 2 rings (SSSR count). The number of likely N-dealkylation sites (N-methyl/N-ethyl adjacent to an activating group) is 1. The van der Waals surface area contributed by atoms with E-state index in [1.807, 2.05) is 20.0 Å². The molecular formula is C12H17NO2. The van der Waals surface area contributed by atoms with Crippen LogP contribution in [0, 0.1) is 12.8 Å². The zero-order valence-electron chi connectivity index (χ0n) is 9.32. The number of aryl methyl sites for hydroxylation is 1. The lowest BCUT2D eigenvalue weighted by atomic mass is 10.2. The van der Waals surface area contributed by atoms with Gasteiger partial charge in [0, 0.05) is 18.0 Å². The Kier molecular flexibility index (Phi) is 2.91. The van der Waals surface area contributed by atoms with Crippen LogP contribution in [0.5, 0.6) is 0 Å². The minimum atomic E-state index is 0.359. The molecule has 3 heteroatoms. The highest BCUT2D eigenvalue weighted by Gasteiger charge is 2.29. The minimum absolute atomic E-state index is 0.359. The maximum absolute atomic E-state index is 11.6. The predicted molar refractivity (Wildman–Crippen MR) is 57.5 cm³/mol. The molecule has 0 spiro atoms. The van der Waals surface area contributed by atoms with Gasteiger partial charge in [0.1, 0.15) is 11.5 Å². The lowest BCUT2D eigenvalue weighted by Gasteiger charge is -2.14. The van der Waals surface area contributed by atoms with E-state index in [0.29, 0.717) is 18.2 Å². The van der Waals surface area contributed by atoms with Gasteiger partial charge < -0.3 is 4.42 Å². The van der Waals surface area contributed by atoms with E-state index < -0.39 is 0 Å². The first-order valence-corrected chi connectivity index (χ1v) is 5.41. The first-order valence-electron chi connectivity index (χ1n) is 5.41. The Morgan fingerprint density at radius 2 is 2.33 bits per heavy atom. The number of carbonyl (C=O) groups excluding carboxylic acids is 1. The molecule has 0 amide bonds. The van der Waals surface area contributed by atoms with E-state index in [2.05, 4.69) is 4.90 Å². The Balaban J connectivity index is 1.84. The van der Waals surface area contributed by atoms with Gasteiger partial charge in [0.15, 0.2) is 0 Å². The van der Waals surface area contributed by atoms with Crippen molar-refractivity contribution >= 4 is 5.78 Å². The smallest absolute Gasteiger partial charge is 0.149 e. The van der Waals surface area contributed by atoms with Gasteiger partial charge in [0.05, 0.1) is 12.8 Å². The van der Waals surface area contributed by atoms with Crippen molar-refractivity contribution in [3.05, 3.63) is 23.7 Å². The van der Waals surface area contributed by atoms with Gasteiger partial charge in [-0.1, -0.05) is 0 Å². The molecular weight excluding hydrogens is 190 g/mol. The lowest BCUT2D eigenvalue weighted by Crippen LogP contribution is -2.26. The van der Waals surface area contributed by atoms with Gasteiger partial charge in [0.25, 0.3) is 0 Å². The van der Waals surface area contributed by atoms with E-state index in [0.717, 1.165) is 25.1 Å². The van der Waals surface area contributed by atoms with Crippen LogP contribution in [0.4, 0.5) is 0 Å². The molecule has 15 heavy (non-hydrogen) atoms. The van der Waals surface area contributed by atoms with Crippen LogP contribution in [0.2, 0.25) is 0 Å². The molecule has 0 aliphatic heterocycles. The Bertz CT molecular complexity index is 352. The number of carbonyl (C=O) groups is 1. The fraction of sp³-hybridized carbons (Fsp3) is 0.583. The molecule has 1 saturated carbocycles. The third kappa shape index (κ3) is 2.69. The van der Waals surface area contributed by atoms with Crippen molar-refractivity contribution in [3.63, 3.8) is 0 Å². The summed E-state index contributed by atoms with van der Waals surface area (Å²) in [5.74, 6) is 1.69. The zero-order valence-corrected chi connectivity index (χ0v) is 9.32. The maximum atomic E-state index is 11.6. The van der Waals surface area contributed by atoms with Gasteiger partial charge in [-0.2, -0.15) is 0 Å². The van der Waals surface area contributed by atoms with Crippen molar-refractivity contribution < 1.29 is 9.21 Å². The van der Waals surface area contributed by atoms with E-state index in [-0.39, 0.29) is 0 Å². The van der Waals surface area contributed by atoms with Crippen LogP contribution in [0.3, 0.4) is 0 Å². The molecule has 0 N–H and O–H groups in total. The standard InChI is InChI=1S/C12H17NO2/c1-9-11(5-6-15-9)7-13(2)8-12(14)10-3-4-10/h5-6,10H,3-4,7-8H2,1-2H3. The summed E-state index contributed by atoms with van der Waals surface area (Å²) in [6.45, 7) is 3.31. The molecule has 3 nitrogen and oxygen atoms in total. The Hall–Kier alpha value is -1.09. The Morgan fingerprint density at radius 1 is 1.60 bits per heavy atom. The lowest BCUT2D eigenvalue weighted by molar-refractivity contribution is -0.121. The van der Waals surface area contributed by atoms with Gasteiger partial charge in [0.2, 0.25) is 0 Å². The average Bonchev–Trinajstić information content (AvgIpc) is 2.94. The fourth-order valence-corrected chi connectivity index (χ4v) is 1.72. The Labute approximate surface area is 90.1 Å². The van der Waals surface area contributed by atoms with Crippen LogP contribution >= 0.6 is 0 Å². The van der Waals surface area contributed by atoms with Gasteiger partial charge in [-0.25, -0.2) is 0 Å². The van der Waals surface area contributed by atoms with Gasteiger partial charge >= 0.3 is 0 Å². The molecule has 1 aliphatic rings. The average molecular weight is 207 g/mol. The molecule has 1 fully saturated rings. The van der Waals surface area contributed by atoms with Crippen molar-refractivity contribution in [2.24, 2.45) is 5.92 Å². The number of rotatable bonds is 5. The second-order valence-corrected chi connectivity index (χ2v) is 4.41. The molecule has 0 aromatic carbocycles. The molecule has 0 atom stereocenters. The highest BCUT2D eigenvalue weighted by atomic mass is 16.3. The summed E-state index contributed by atoms with van der Waals surface area (Å²) in [5, 5.41) is 0. The summed E-state index contributed by atoms with van der Waals surface area (Å²) in [7, 11) is 1.98. The van der Waals surface area contributed by atoms with Crippen LogP contribution in [-0.4, -0.2) is 24.3 Å². The number of ketones is 1. The van der Waals surface area contributed by atoms with E-state index in [1.54, 1.807) is 6.26 Å².